The highest BCUT2D eigenvalue weighted by Crippen LogP contribution is 2.61. The molecular formula is C22H33N5O7. The quantitative estimate of drug-likeness (QED) is 0.611. The lowest BCUT2D eigenvalue weighted by Crippen LogP contribution is -2.43. The summed E-state index contributed by atoms with van der Waals surface area (Å²) >= 11 is 0. The number of esters is 1. The Hall–Kier alpha value is -2.89. The van der Waals surface area contributed by atoms with E-state index >= 15 is 0 Å². The molecule has 1 aliphatic carbocycles. The Morgan fingerprint density at radius 1 is 1.12 bits per heavy atom. The minimum absolute atomic E-state index is 0.0153. The molecule has 2 saturated heterocycles. The van der Waals surface area contributed by atoms with Gasteiger partial charge in [0, 0.05) is 6.54 Å². The Bertz CT molecular complexity index is 960. The van der Waals surface area contributed by atoms with Crippen molar-refractivity contribution in [1.82, 2.24) is 25.5 Å². The summed E-state index contributed by atoms with van der Waals surface area (Å²) in [4.78, 5) is 44.4. The lowest BCUT2D eigenvalue weighted by molar-refractivity contribution is -0.185. The van der Waals surface area contributed by atoms with Gasteiger partial charge in [-0.15, -0.1) is 10.2 Å². The number of nitrogens with zero attached hydrogens (tertiary/aromatic N) is 4. The number of urea groups is 1. The third-order valence-electron chi connectivity index (χ3n) is 5.95. The Balaban J connectivity index is 1.40. The smallest absolute Gasteiger partial charge is 0.408 e. The van der Waals surface area contributed by atoms with Crippen molar-refractivity contribution in [1.29, 1.82) is 0 Å². The molecule has 188 valence electrons. The number of aromatic nitrogens is 2. The van der Waals surface area contributed by atoms with Crippen LogP contribution in [0, 0.1) is 5.41 Å². The fourth-order valence-corrected chi connectivity index (χ4v) is 4.42. The molecule has 3 aliphatic rings. The van der Waals surface area contributed by atoms with E-state index in [-0.39, 0.29) is 36.5 Å². The van der Waals surface area contributed by atoms with Crippen molar-refractivity contribution in [2.45, 2.75) is 90.6 Å². The number of hydrogen-bond acceptors (Lipinski definition) is 9. The van der Waals surface area contributed by atoms with Gasteiger partial charge in [-0.05, 0) is 66.2 Å². The molecule has 0 radical (unpaired) electrons. The van der Waals surface area contributed by atoms with Crippen molar-refractivity contribution >= 4 is 18.1 Å². The second-order valence-corrected chi connectivity index (χ2v) is 11.1. The summed E-state index contributed by atoms with van der Waals surface area (Å²) in [6.45, 7) is 10.8. The van der Waals surface area contributed by atoms with Gasteiger partial charge in [-0.25, -0.2) is 14.4 Å². The van der Waals surface area contributed by atoms with E-state index in [0.29, 0.717) is 18.9 Å². The molecule has 2 aliphatic heterocycles. The molecular weight excluding hydrogens is 446 g/mol. The van der Waals surface area contributed by atoms with E-state index in [1.165, 1.54) is 5.06 Å². The normalized spacial score (nSPS) is 23.3. The van der Waals surface area contributed by atoms with E-state index in [1.807, 2.05) is 0 Å². The maximum absolute atomic E-state index is 13.2. The molecule has 4 rings (SSSR count). The minimum atomic E-state index is -0.633. The first-order valence-corrected chi connectivity index (χ1v) is 11.5. The summed E-state index contributed by atoms with van der Waals surface area (Å²) in [5, 5.41) is 12.1. The van der Waals surface area contributed by atoms with Crippen LogP contribution in [0.25, 0.3) is 0 Å². The van der Waals surface area contributed by atoms with Gasteiger partial charge in [-0.3, -0.25) is 4.84 Å². The molecule has 3 fully saturated rings. The van der Waals surface area contributed by atoms with E-state index in [1.54, 1.807) is 46.4 Å². The number of alkyl carbamates (subject to hydrolysis) is 1. The van der Waals surface area contributed by atoms with Gasteiger partial charge in [0.1, 0.15) is 17.2 Å². The highest BCUT2D eigenvalue weighted by molar-refractivity contribution is 5.78. The van der Waals surface area contributed by atoms with E-state index in [2.05, 4.69) is 15.5 Å². The van der Waals surface area contributed by atoms with Gasteiger partial charge in [-0.2, -0.15) is 5.06 Å². The van der Waals surface area contributed by atoms with Crippen molar-refractivity contribution in [3.63, 3.8) is 0 Å². The van der Waals surface area contributed by atoms with Crippen LogP contribution in [0.4, 0.5) is 9.59 Å². The van der Waals surface area contributed by atoms with Gasteiger partial charge in [-0.1, -0.05) is 0 Å². The van der Waals surface area contributed by atoms with Gasteiger partial charge in [0.25, 0.3) is 0 Å². The number of hydroxylamine groups is 2. The van der Waals surface area contributed by atoms with Gasteiger partial charge in [0.15, 0.2) is 6.61 Å². The van der Waals surface area contributed by atoms with E-state index in [9.17, 15) is 14.4 Å². The van der Waals surface area contributed by atoms with E-state index in [0.717, 1.165) is 12.8 Å². The number of piperidine rings is 1. The number of ether oxygens (including phenoxy) is 2. The highest BCUT2D eigenvalue weighted by Gasteiger charge is 2.64. The maximum atomic E-state index is 13.2. The van der Waals surface area contributed by atoms with Crippen molar-refractivity contribution in [2.24, 2.45) is 5.41 Å². The Morgan fingerprint density at radius 2 is 1.79 bits per heavy atom. The van der Waals surface area contributed by atoms with Gasteiger partial charge in [0.05, 0.1) is 12.6 Å². The molecule has 3 amide bonds. The number of nitrogens with one attached hydrogen (secondary N) is 1. The van der Waals surface area contributed by atoms with Crippen molar-refractivity contribution in [3.8, 4) is 0 Å². The van der Waals surface area contributed by atoms with Crippen LogP contribution in [0.3, 0.4) is 0 Å². The van der Waals surface area contributed by atoms with Crippen molar-refractivity contribution in [2.75, 3.05) is 13.2 Å². The molecule has 1 N–H and O–H groups in total. The second kappa shape index (κ2) is 8.40. The van der Waals surface area contributed by atoms with Crippen molar-refractivity contribution < 1.29 is 33.1 Å². The Kier molecular flexibility index (Phi) is 5.99. The molecule has 1 aromatic rings. The summed E-state index contributed by atoms with van der Waals surface area (Å²) in [5.41, 5.74) is -1.36. The zero-order valence-electron chi connectivity index (χ0n) is 20.5. The molecule has 3 heterocycles. The summed E-state index contributed by atoms with van der Waals surface area (Å²) in [6, 6.07) is -0.881. The van der Waals surface area contributed by atoms with Crippen LogP contribution in [0.1, 0.15) is 78.6 Å². The minimum Gasteiger partial charge on any atom is -0.458 e. The number of fused-ring (bicyclic) bond motifs is 3. The van der Waals surface area contributed by atoms with Crippen LogP contribution in [-0.2, 0) is 25.7 Å². The van der Waals surface area contributed by atoms with Crippen LogP contribution >= 0.6 is 0 Å². The molecule has 1 aromatic heterocycles. The largest absolute Gasteiger partial charge is 0.458 e. The summed E-state index contributed by atoms with van der Waals surface area (Å²) in [7, 11) is 0. The number of carbonyl (C=O) groups is 3. The predicted molar refractivity (Wildman–Crippen MR) is 116 cm³/mol. The van der Waals surface area contributed by atoms with Crippen LogP contribution in [0.15, 0.2) is 4.42 Å². The molecule has 2 atom stereocenters. The predicted octanol–water partition coefficient (Wildman–Crippen LogP) is 2.70. The molecule has 12 nitrogen and oxygen atoms in total. The molecule has 0 aromatic carbocycles. The Morgan fingerprint density at radius 3 is 2.41 bits per heavy atom. The fourth-order valence-electron chi connectivity index (χ4n) is 4.42. The van der Waals surface area contributed by atoms with Gasteiger partial charge in [0.2, 0.25) is 11.8 Å². The van der Waals surface area contributed by atoms with E-state index < -0.39 is 29.3 Å². The van der Waals surface area contributed by atoms with Gasteiger partial charge < -0.3 is 24.1 Å². The summed E-state index contributed by atoms with van der Waals surface area (Å²) < 4.78 is 16.3. The summed E-state index contributed by atoms with van der Waals surface area (Å²) in [5.74, 6) is 0.00253. The fraction of sp³-hybridized carbons (Fsp3) is 0.773. The zero-order valence-corrected chi connectivity index (χ0v) is 20.5. The van der Waals surface area contributed by atoms with Crippen LogP contribution in [0.2, 0.25) is 0 Å². The number of amides is 3. The van der Waals surface area contributed by atoms with E-state index in [4.69, 9.17) is 18.7 Å². The van der Waals surface area contributed by atoms with Crippen molar-refractivity contribution in [3.05, 3.63) is 11.8 Å². The molecule has 1 saturated carbocycles. The maximum Gasteiger partial charge on any atom is 0.408 e. The van der Waals surface area contributed by atoms with Crippen LogP contribution < -0.4 is 5.32 Å². The topological polar surface area (TPSA) is 136 Å². The first-order valence-electron chi connectivity index (χ1n) is 11.5. The summed E-state index contributed by atoms with van der Waals surface area (Å²) in [6.07, 6.45) is 1.97. The first kappa shape index (κ1) is 24.2. The Labute approximate surface area is 198 Å². The third kappa shape index (κ3) is 5.26. The third-order valence-corrected chi connectivity index (χ3v) is 5.95. The standard InChI is InChI=1S/C22H33N5O7/c1-20(2,3)33-16(28)12-31-27-14-11-26(19(27)30)13(9-22(14)7-8-22)17-25-24-15(32-17)10-23-18(29)34-21(4,5)6/h13-14H,7-12H2,1-6H3,(H,23,29)/t13-,14-/m0/s1. The zero-order chi connectivity index (χ0) is 24.9. The molecule has 12 heteroatoms. The first-order chi connectivity index (χ1) is 15.8. The number of rotatable bonds is 6. The molecule has 34 heavy (non-hydrogen) atoms. The molecule has 0 unspecified atom stereocenters. The monoisotopic (exact) mass is 479 g/mol. The number of hydrogen-bond donors (Lipinski definition) is 1. The molecule has 1 spiro atoms. The van der Waals surface area contributed by atoms with Crippen LogP contribution in [0.5, 0.6) is 0 Å². The number of carbonyl (C=O) groups excluding carboxylic acids is 3. The van der Waals surface area contributed by atoms with Gasteiger partial charge >= 0.3 is 18.1 Å². The average Bonchev–Trinajstić information content (AvgIpc) is 3.18. The molecule has 2 bridgehead atoms. The van der Waals surface area contributed by atoms with Crippen LogP contribution in [-0.4, -0.2) is 68.6 Å². The average molecular weight is 480 g/mol. The SMILES string of the molecule is CC(C)(C)OC(=O)CON1C(=O)N2C[C@H]1C1(CC1)C[C@H]2c1nnc(CNC(=O)OC(C)(C)C)o1. The highest BCUT2D eigenvalue weighted by atomic mass is 16.7. The second-order valence-electron chi connectivity index (χ2n) is 11.1. The lowest BCUT2D eigenvalue weighted by atomic mass is 9.85. The lowest BCUT2D eigenvalue weighted by Gasteiger charge is -2.35.